The van der Waals surface area contributed by atoms with E-state index in [1.165, 1.54) is 39.0 Å². The fourth-order valence-corrected chi connectivity index (χ4v) is 2.25. The van der Waals surface area contributed by atoms with Crippen LogP contribution in [0.25, 0.3) is 0 Å². The molecule has 0 bridgehead atoms. The second-order valence-corrected chi connectivity index (χ2v) is 6.73. The minimum Gasteiger partial charge on any atom is -0.480 e. The second-order valence-electron chi connectivity index (χ2n) is 6.73. The monoisotopic (exact) mass is 389 g/mol. The minimum absolute atomic E-state index is 0.159. The maximum absolute atomic E-state index is 11.3. The molecule has 0 aromatic carbocycles. The van der Waals surface area contributed by atoms with Crippen molar-refractivity contribution in [1.29, 1.82) is 0 Å². The molecule has 0 rings (SSSR count). The van der Waals surface area contributed by atoms with Crippen molar-refractivity contribution in [3.8, 4) is 0 Å². The Morgan fingerprint density at radius 1 is 0.889 bits per heavy atom. The third-order valence-electron chi connectivity index (χ3n) is 4.04. The summed E-state index contributed by atoms with van der Waals surface area (Å²) >= 11 is 0. The number of aliphatic carboxylic acids is 2. The number of carboxylic acid groups (broad SMARTS) is 2. The molecule has 7 N–H and O–H groups in total. The topological polar surface area (TPSA) is 156 Å². The highest BCUT2D eigenvalue weighted by molar-refractivity contribution is 5.83. The molecular formula is C19H39N3O5. The van der Waals surface area contributed by atoms with Gasteiger partial charge in [0.2, 0.25) is 5.91 Å². The highest BCUT2D eigenvalue weighted by atomic mass is 16.4. The largest absolute Gasteiger partial charge is 0.480 e. The summed E-state index contributed by atoms with van der Waals surface area (Å²) < 4.78 is 0. The Kier molecular flexibility index (Phi) is 19.5. The number of hydrogen-bond acceptors (Lipinski definition) is 5. The number of nitrogens with two attached hydrogens (primary N) is 2. The van der Waals surface area contributed by atoms with Gasteiger partial charge in [-0.15, -0.1) is 0 Å². The van der Waals surface area contributed by atoms with Crippen LogP contribution >= 0.6 is 0 Å². The van der Waals surface area contributed by atoms with Crippen molar-refractivity contribution in [3.05, 3.63) is 0 Å². The number of nitrogens with one attached hydrogen (secondary N) is 1. The first-order valence-corrected chi connectivity index (χ1v) is 9.96. The first-order valence-electron chi connectivity index (χ1n) is 9.96. The molecule has 0 aliphatic heterocycles. The van der Waals surface area contributed by atoms with Crippen LogP contribution in [0.2, 0.25) is 0 Å². The lowest BCUT2D eigenvalue weighted by molar-refractivity contribution is -0.141. The maximum Gasteiger partial charge on any atom is 0.325 e. The van der Waals surface area contributed by atoms with Gasteiger partial charge in [-0.3, -0.25) is 14.4 Å². The van der Waals surface area contributed by atoms with E-state index in [0.29, 0.717) is 19.4 Å². The van der Waals surface area contributed by atoms with Crippen LogP contribution in [-0.4, -0.2) is 46.7 Å². The fourth-order valence-electron chi connectivity index (χ4n) is 2.25. The normalized spacial score (nSPS) is 12.4. The van der Waals surface area contributed by atoms with E-state index >= 15 is 0 Å². The lowest BCUT2D eigenvalue weighted by atomic mass is 10.1. The van der Waals surface area contributed by atoms with Crippen molar-refractivity contribution >= 4 is 17.8 Å². The molecule has 0 saturated carbocycles. The van der Waals surface area contributed by atoms with Crippen LogP contribution in [0.4, 0.5) is 0 Å². The summed E-state index contributed by atoms with van der Waals surface area (Å²) in [7, 11) is 0. The van der Waals surface area contributed by atoms with E-state index < -0.39 is 24.0 Å². The molecule has 0 spiro atoms. The van der Waals surface area contributed by atoms with Crippen molar-refractivity contribution < 1.29 is 24.6 Å². The van der Waals surface area contributed by atoms with Crippen LogP contribution in [-0.2, 0) is 14.4 Å². The van der Waals surface area contributed by atoms with E-state index in [0.717, 1.165) is 25.7 Å². The summed E-state index contributed by atoms with van der Waals surface area (Å²) in [5, 5.41) is 19.4. The number of unbranched alkanes of at least 4 members (excludes halogenated alkanes) is 7. The van der Waals surface area contributed by atoms with Crippen molar-refractivity contribution in [2.45, 2.75) is 96.6 Å². The maximum atomic E-state index is 11.3. The van der Waals surface area contributed by atoms with Gasteiger partial charge in [-0.2, -0.15) is 0 Å². The molecule has 0 aliphatic carbocycles. The van der Waals surface area contributed by atoms with E-state index in [-0.39, 0.29) is 5.91 Å². The van der Waals surface area contributed by atoms with Gasteiger partial charge in [-0.05, 0) is 32.7 Å². The average molecular weight is 390 g/mol. The molecule has 0 heterocycles. The third kappa shape index (κ3) is 20.5. The lowest BCUT2D eigenvalue weighted by Gasteiger charge is -2.08. The highest BCUT2D eigenvalue weighted by Gasteiger charge is 2.13. The Labute approximate surface area is 163 Å². The van der Waals surface area contributed by atoms with Crippen molar-refractivity contribution in [3.63, 3.8) is 0 Å². The zero-order valence-electron chi connectivity index (χ0n) is 16.9. The summed E-state index contributed by atoms with van der Waals surface area (Å²) in [4.78, 5) is 32.0. The highest BCUT2D eigenvalue weighted by Crippen LogP contribution is 2.08. The third-order valence-corrected chi connectivity index (χ3v) is 4.04. The smallest absolute Gasteiger partial charge is 0.325 e. The van der Waals surface area contributed by atoms with Crippen LogP contribution < -0.4 is 16.8 Å². The number of carbonyl (C=O) groups is 3. The molecular weight excluding hydrogens is 350 g/mol. The molecule has 8 nitrogen and oxygen atoms in total. The average Bonchev–Trinajstić information content (AvgIpc) is 2.61. The Balaban J connectivity index is 0. The van der Waals surface area contributed by atoms with Gasteiger partial charge in [-0.1, -0.05) is 51.9 Å². The molecule has 0 radical (unpaired) electrons. The van der Waals surface area contributed by atoms with Gasteiger partial charge in [0, 0.05) is 6.42 Å². The molecule has 0 aromatic heterocycles. The Hall–Kier alpha value is -1.67. The first-order chi connectivity index (χ1) is 12.8. The van der Waals surface area contributed by atoms with Gasteiger partial charge >= 0.3 is 11.9 Å². The van der Waals surface area contributed by atoms with E-state index in [2.05, 4.69) is 12.2 Å². The van der Waals surface area contributed by atoms with E-state index in [1.807, 2.05) is 0 Å². The van der Waals surface area contributed by atoms with Gasteiger partial charge in [0.05, 0.1) is 0 Å². The molecule has 1 unspecified atom stereocenters. The van der Waals surface area contributed by atoms with E-state index in [1.54, 1.807) is 0 Å². The van der Waals surface area contributed by atoms with Crippen LogP contribution in [0.5, 0.6) is 0 Å². The summed E-state index contributed by atoms with van der Waals surface area (Å²) in [5.41, 5.74) is 10.4. The summed E-state index contributed by atoms with van der Waals surface area (Å²) in [6.07, 6.45) is 10.7. The molecule has 0 saturated heterocycles. The second kappa shape index (κ2) is 19.1. The molecule has 8 heteroatoms. The Bertz CT molecular complexity index is 405. The molecule has 0 aliphatic rings. The first kappa shape index (κ1) is 27.5. The molecule has 160 valence electrons. The number of amides is 1. The number of carbonyl (C=O) groups excluding carboxylic acids is 1. The SMILES string of the molecule is CCCCCCCCCC(=O)N[C@@H](C)C(=O)O.NCCCCC(N)C(=O)O. The van der Waals surface area contributed by atoms with Crippen molar-refractivity contribution in [2.75, 3.05) is 6.54 Å². The Morgan fingerprint density at radius 2 is 1.44 bits per heavy atom. The molecule has 27 heavy (non-hydrogen) atoms. The van der Waals surface area contributed by atoms with E-state index in [9.17, 15) is 14.4 Å². The zero-order chi connectivity index (χ0) is 21.1. The summed E-state index contributed by atoms with van der Waals surface area (Å²) in [5.74, 6) is -2.08. The predicted octanol–water partition coefficient (Wildman–Crippen LogP) is 2.24. The van der Waals surface area contributed by atoms with Gasteiger partial charge < -0.3 is 27.0 Å². The quantitative estimate of drug-likeness (QED) is 0.269. The van der Waals surface area contributed by atoms with Crippen LogP contribution in [0.3, 0.4) is 0 Å². The molecule has 2 atom stereocenters. The molecule has 0 aromatic rings. The standard InChI is InChI=1S/C13H25NO3.C6H14N2O2/c1-3-4-5-6-7-8-9-10-12(15)14-11(2)13(16)17;7-4-2-1-3-5(8)6(9)10/h11H,3-10H2,1-2H3,(H,14,15)(H,16,17);5H,1-4,7-8H2,(H,9,10)/t11-;/m0./s1. The van der Waals surface area contributed by atoms with Crippen molar-refractivity contribution in [1.82, 2.24) is 5.32 Å². The number of hydrogen-bond donors (Lipinski definition) is 5. The summed E-state index contributed by atoms with van der Waals surface area (Å²) in [6.45, 7) is 4.27. The number of carboxylic acids is 2. The minimum atomic E-state index is -0.988. The zero-order valence-corrected chi connectivity index (χ0v) is 16.9. The predicted molar refractivity (Wildman–Crippen MR) is 106 cm³/mol. The molecule has 1 amide bonds. The van der Waals surface area contributed by atoms with Gasteiger partial charge in [0.15, 0.2) is 0 Å². The van der Waals surface area contributed by atoms with Crippen LogP contribution in [0.1, 0.15) is 84.5 Å². The van der Waals surface area contributed by atoms with Gasteiger partial charge in [0.25, 0.3) is 0 Å². The number of rotatable bonds is 15. The van der Waals surface area contributed by atoms with E-state index in [4.69, 9.17) is 21.7 Å². The van der Waals surface area contributed by atoms with Crippen LogP contribution in [0.15, 0.2) is 0 Å². The molecule has 0 fully saturated rings. The van der Waals surface area contributed by atoms with Crippen molar-refractivity contribution in [2.24, 2.45) is 11.5 Å². The lowest BCUT2D eigenvalue weighted by Crippen LogP contribution is -2.38. The van der Waals surface area contributed by atoms with Crippen LogP contribution in [0, 0.1) is 0 Å². The fraction of sp³-hybridized carbons (Fsp3) is 0.842. The van der Waals surface area contributed by atoms with Gasteiger partial charge in [0.1, 0.15) is 12.1 Å². The van der Waals surface area contributed by atoms with Gasteiger partial charge in [-0.25, -0.2) is 0 Å². The Morgan fingerprint density at radius 3 is 1.93 bits per heavy atom. The summed E-state index contributed by atoms with van der Waals surface area (Å²) in [6, 6.07) is -1.50.